The van der Waals surface area contributed by atoms with Crippen LogP contribution < -0.4 is 14.4 Å². The average Bonchev–Trinajstić information content (AvgIpc) is 2.52. The molecule has 1 heterocycles. The highest BCUT2D eigenvalue weighted by molar-refractivity contribution is 7.89. The molecule has 1 aromatic heterocycles. The number of hydrogen-bond acceptors (Lipinski definition) is 6. The number of aryl methyl sites for hydroxylation is 1. The first kappa shape index (κ1) is 18.4. The molecule has 7 nitrogen and oxygen atoms in total. The van der Waals surface area contributed by atoms with Crippen molar-refractivity contribution >= 4 is 27.4 Å². The van der Waals surface area contributed by atoms with Crippen LogP contribution in [0, 0.1) is 6.92 Å². The fourth-order valence-corrected chi connectivity index (χ4v) is 3.43. The van der Waals surface area contributed by atoms with Gasteiger partial charge in [-0.15, -0.1) is 0 Å². The number of hydrogen-bond donors (Lipinski definition) is 1. The van der Waals surface area contributed by atoms with Crippen LogP contribution in [0.15, 0.2) is 29.2 Å². The van der Waals surface area contributed by atoms with E-state index in [1.165, 1.54) is 19.2 Å². The topological polar surface area (TPSA) is 84.4 Å². The van der Waals surface area contributed by atoms with Crippen LogP contribution in [0.2, 0.25) is 5.02 Å². The van der Waals surface area contributed by atoms with E-state index < -0.39 is 10.0 Å². The van der Waals surface area contributed by atoms with Gasteiger partial charge in [0.1, 0.15) is 22.3 Å². The number of nitrogens with zero attached hydrogens (tertiary/aromatic N) is 3. The third-order valence-electron chi connectivity index (χ3n) is 3.18. The molecule has 0 fully saturated rings. The maximum atomic E-state index is 12.5. The molecule has 1 aromatic carbocycles. The lowest BCUT2D eigenvalue weighted by atomic mass is 10.3. The van der Waals surface area contributed by atoms with Gasteiger partial charge >= 0.3 is 0 Å². The van der Waals surface area contributed by atoms with Crippen molar-refractivity contribution in [3.05, 3.63) is 40.8 Å². The molecular formula is C15H19ClN4O3S. The zero-order valence-electron chi connectivity index (χ0n) is 13.9. The molecule has 0 aliphatic carbocycles. The standard InChI is InChI=1S/C15H19ClN4O3S/c1-10-7-15(20(2)3)19-14(18-10)9-17-24(21,22)13-8-11(16)5-6-12(13)23-4/h5-8,17H,9H2,1-4H3. The molecule has 1 N–H and O–H groups in total. The van der Waals surface area contributed by atoms with Crippen LogP contribution in [0.3, 0.4) is 0 Å². The molecule has 0 saturated carbocycles. The molecule has 2 aromatic rings. The molecule has 0 aliphatic heterocycles. The van der Waals surface area contributed by atoms with Gasteiger partial charge in [0.15, 0.2) is 0 Å². The first-order chi connectivity index (χ1) is 11.2. The summed E-state index contributed by atoms with van der Waals surface area (Å²) in [6.07, 6.45) is 0. The van der Waals surface area contributed by atoms with Crippen LogP contribution in [-0.2, 0) is 16.6 Å². The number of halogens is 1. The molecule has 0 unspecified atom stereocenters. The van der Waals surface area contributed by atoms with E-state index in [-0.39, 0.29) is 17.2 Å². The minimum absolute atomic E-state index is 0.0296. The van der Waals surface area contributed by atoms with Crippen LogP contribution in [0.1, 0.15) is 11.5 Å². The van der Waals surface area contributed by atoms with Crippen molar-refractivity contribution in [3.63, 3.8) is 0 Å². The lowest BCUT2D eigenvalue weighted by molar-refractivity contribution is 0.402. The van der Waals surface area contributed by atoms with E-state index in [0.717, 1.165) is 5.69 Å². The zero-order chi connectivity index (χ0) is 17.9. The summed E-state index contributed by atoms with van der Waals surface area (Å²) in [7, 11) is 1.28. The minimum atomic E-state index is -3.82. The fourth-order valence-electron chi connectivity index (χ4n) is 2.02. The predicted molar refractivity (Wildman–Crippen MR) is 93.1 cm³/mol. The number of benzene rings is 1. The number of sulfonamides is 1. The molecule has 0 saturated heterocycles. The Morgan fingerprint density at radius 2 is 1.96 bits per heavy atom. The van der Waals surface area contributed by atoms with E-state index in [2.05, 4.69) is 14.7 Å². The van der Waals surface area contributed by atoms with Crippen molar-refractivity contribution in [1.82, 2.24) is 14.7 Å². The van der Waals surface area contributed by atoms with Crippen LogP contribution in [0.4, 0.5) is 5.82 Å². The Labute approximate surface area is 146 Å². The van der Waals surface area contributed by atoms with Gasteiger partial charge in [-0.2, -0.15) is 0 Å². The maximum Gasteiger partial charge on any atom is 0.244 e. The van der Waals surface area contributed by atoms with Gasteiger partial charge in [0.05, 0.1) is 13.7 Å². The van der Waals surface area contributed by atoms with Gasteiger partial charge < -0.3 is 9.64 Å². The number of anilines is 1. The maximum absolute atomic E-state index is 12.5. The van der Waals surface area contributed by atoms with E-state index in [1.54, 1.807) is 6.07 Å². The van der Waals surface area contributed by atoms with Crippen LogP contribution >= 0.6 is 11.6 Å². The number of aromatic nitrogens is 2. The highest BCUT2D eigenvalue weighted by Gasteiger charge is 2.20. The highest BCUT2D eigenvalue weighted by Crippen LogP contribution is 2.26. The van der Waals surface area contributed by atoms with Crippen molar-refractivity contribution in [1.29, 1.82) is 0 Å². The van der Waals surface area contributed by atoms with Crippen LogP contribution in [-0.4, -0.2) is 39.6 Å². The average molecular weight is 371 g/mol. The van der Waals surface area contributed by atoms with Crippen molar-refractivity contribution in [3.8, 4) is 5.75 Å². The van der Waals surface area contributed by atoms with Crippen molar-refractivity contribution in [2.24, 2.45) is 0 Å². The molecule has 0 amide bonds. The van der Waals surface area contributed by atoms with Gasteiger partial charge in [-0.25, -0.2) is 23.1 Å². The summed E-state index contributed by atoms with van der Waals surface area (Å²) in [5.41, 5.74) is 0.753. The molecule has 24 heavy (non-hydrogen) atoms. The van der Waals surface area contributed by atoms with E-state index in [9.17, 15) is 8.42 Å². The van der Waals surface area contributed by atoms with E-state index in [1.807, 2.05) is 32.0 Å². The largest absolute Gasteiger partial charge is 0.495 e. The van der Waals surface area contributed by atoms with Gasteiger partial charge in [-0.05, 0) is 25.1 Å². The third-order valence-corrected chi connectivity index (χ3v) is 4.84. The molecule has 0 spiro atoms. The second-order valence-electron chi connectivity index (χ2n) is 5.30. The van der Waals surface area contributed by atoms with E-state index in [0.29, 0.717) is 16.7 Å². The number of methoxy groups -OCH3 is 1. The summed E-state index contributed by atoms with van der Waals surface area (Å²) < 4.78 is 32.6. The molecule has 2 rings (SSSR count). The Hall–Kier alpha value is -1.90. The van der Waals surface area contributed by atoms with Gasteiger partial charge in [0.2, 0.25) is 10.0 Å². The quantitative estimate of drug-likeness (QED) is 0.837. The Morgan fingerprint density at radius 3 is 2.58 bits per heavy atom. The second kappa shape index (κ2) is 7.33. The fraction of sp³-hybridized carbons (Fsp3) is 0.333. The van der Waals surface area contributed by atoms with E-state index >= 15 is 0 Å². The summed E-state index contributed by atoms with van der Waals surface area (Å²) in [4.78, 5) is 10.4. The van der Waals surface area contributed by atoms with Gasteiger partial charge in [0, 0.05) is 30.9 Å². The molecule has 130 valence electrons. The molecule has 0 atom stereocenters. The molecule has 0 bridgehead atoms. The van der Waals surface area contributed by atoms with Crippen LogP contribution in [0.5, 0.6) is 5.75 Å². The normalized spacial score (nSPS) is 11.4. The van der Waals surface area contributed by atoms with Crippen molar-refractivity contribution < 1.29 is 13.2 Å². The summed E-state index contributed by atoms with van der Waals surface area (Å²) in [5, 5.41) is 0.304. The Kier molecular flexibility index (Phi) is 5.63. The third kappa shape index (κ3) is 4.34. The predicted octanol–water partition coefficient (Wildman–Crippen LogP) is 1.99. The van der Waals surface area contributed by atoms with Gasteiger partial charge in [0.25, 0.3) is 0 Å². The summed E-state index contributed by atoms with van der Waals surface area (Å²) in [6.45, 7) is 1.78. The first-order valence-electron chi connectivity index (χ1n) is 7.08. The molecule has 0 aliphatic rings. The van der Waals surface area contributed by atoms with Crippen LogP contribution in [0.25, 0.3) is 0 Å². The summed E-state index contributed by atoms with van der Waals surface area (Å²) in [5.74, 6) is 1.30. The molecule has 9 heteroatoms. The summed E-state index contributed by atoms with van der Waals surface area (Å²) in [6, 6.07) is 6.22. The number of nitrogens with one attached hydrogen (secondary N) is 1. The highest BCUT2D eigenvalue weighted by atomic mass is 35.5. The van der Waals surface area contributed by atoms with Gasteiger partial charge in [-0.3, -0.25) is 0 Å². The smallest absolute Gasteiger partial charge is 0.244 e. The lowest BCUT2D eigenvalue weighted by Crippen LogP contribution is -2.25. The Balaban J connectivity index is 2.27. The number of ether oxygens (including phenoxy) is 1. The van der Waals surface area contributed by atoms with E-state index in [4.69, 9.17) is 16.3 Å². The number of rotatable bonds is 6. The van der Waals surface area contributed by atoms with Crippen molar-refractivity contribution in [2.75, 3.05) is 26.1 Å². The van der Waals surface area contributed by atoms with Gasteiger partial charge in [-0.1, -0.05) is 11.6 Å². The Bertz CT molecular complexity index is 841. The molecule has 0 radical (unpaired) electrons. The SMILES string of the molecule is COc1ccc(Cl)cc1S(=O)(=O)NCc1nc(C)cc(N(C)C)n1. The minimum Gasteiger partial charge on any atom is -0.495 e. The monoisotopic (exact) mass is 370 g/mol. The Morgan fingerprint density at radius 1 is 1.25 bits per heavy atom. The summed E-state index contributed by atoms with van der Waals surface area (Å²) >= 11 is 5.90. The lowest BCUT2D eigenvalue weighted by Gasteiger charge is -2.14. The van der Waals surface area contributed by atoms with Crippen molar-refractivity contribution in [2.45, 2.75) is 18.4 Å². The zero-order valence-corrected chi connectivity index (χ0v) is 15.4. The first-order valence-corrected chi connectivity index (χ1v) is 8.94. The molecular weight excluding hydrogens is 352 g/mol. The second-order valence-corrected chi connectivity index (χ2v) is 7.47.